The minimum atomic E-state index is -1.08. The Balaban J connectivity index is 1.56. The molecule has 1 aliphatic heterocycles. The zero-order valence-corrected chi connectivity index (χ0v) is 20.0. The Morgan fingerprint density at radius 3 is 2.70 bits per heavy atom. The molecule has 0 bridgehead atoms. The van der Waals surface area contributed by atoms with E-state index in [0.29, 0.717) is 5.92 Å². The van der Waals surface area contributed by atoms with Crippen LogP contribution in [0.4, 0.5) is 5.82 Å². The zero-order valence-electron chi connectivity index (χ0n) is 20.0. The van der Waals surface area contributed by atoms with Gasteiger partial charge >= 0.3 is 11.9 Å². The number of nitrogens with one attached hydrogen (secondary N) is 1. The maximum Gasteiger partial charge on any atom is 0.325 e. The van der Waals surface area contributed by atoms with Crippen LogP contribution in [0.3, 0.4) is 0 Å². The Hall–Kier alpha value is -2.19. The largest absolute Gasteiger partial charge is 0.480 e. The maximum absolute atomic E-state index is 12.5. The van der Waals surface area contributed by atoms with Crippen molar-refractivity contribution in [1.29, 1.82) is 0 Å². The number of carbonyl (C=O) groups excluding carboxylic acids is 1. The number of rotatable bonds is 13. The van der Waals surface area contributed by atoms with E-state index in [1.165, 1.54) is 10.6 Å². The summed E-state index contributed by atoms with van der Waals surface area (Å²) in [6.07, 6.45) is 7.67. The number of aryl methyl sites for hydroxylation is 2. The van der Waals surface area contributed by atoms with E-state index in [0.717, 1.165) is 69.4 Å². The molecule has 0 aromatic carbocycles. The molecule has 1 saturated carbocycles. The highest BCUT2D eigenvalue weighted by atomic mass is 16.7. The molecule has 8 nitrogen and oxygen atoms in total. The number of aliphatic hydroxyl groups excluding tert-OH is 1. The number of aromatic nitrogens is 1. The van der Waals surface area contributed by atoms with Gasteiger partial charge in [0.15, 0.2) is 0 Å². The van der Waals surface area contributed by atoms with Gasteiger partial charge in [0.05, 0.1) is 6.42 Å². The first-order chi connectivity index (χ1) is 15.9. The van der Waals surface area contributed by atoms with Crippen LogP contribution in [-0.2, 0) is 27.3 Å². The van der Waals surface area contributed by atoms with Gasteiger partial charge in [0.25, 0.3) is 0 Å². The van der Waals surface area contributed by atoms with Gasteiger partial charge in [-0.05, 0) is 68.4 Å². The fourth-order valence-electron chi connectivity index (χ4n) is 4.85. The molecule has 1 aromatic rings. The smallest absolute Gasteiger partial charge is 0.325 e. The zero-order chi connectivity index (χ0) is 23.8. The molecule has 3 N–H and O–H groups in total. The number of nitrogens with zero attached hydrogens (tertiary/aromatic N) is 2. The standard InChI is InChI=1S/C25H39N3O5/c1-3-17(4-2)16-23(30)33-28(22(11-13-29)25(31)32)21-14-18(15-21)7-9-20-10-8-19-6-5-12-26-24(19)27-20/h8,10,17-18,21-22,29H,3-7,9,11-16H2,1-2H3,(H,26,27)(H,31,32)/t18?,21?,22-/m1/s1. The van der Waals surface area contributed by atoms with Crippen LogP contribution in [0.2, 0.25) is 0 Å². The monoisotopic (exact) mass is 461 g/mol. The first kappa shape index (κ1) is 25.4. The second-order valence-corrected chi connectivity index (χ2v) is 9.45. The van der Waals surface area contributed by atoms with Gasteiger partial charge < -0.3 is 20.4 Å². The summed E-state index contributed by atoms with van der Waals surface area (Å²) in [5, 5.41) is 23.8. The molecule has 0 radical (unpaired) electrons. The van der Waals surface area contributed by atoms with Crippen LogP contribution in [0.1, 0.15) is 76.5 Å². The normalized spacial score (nSPS) is 20.6. The lowest BCUT2D eigenvalue weighted by Gasteiger charge is -2.43. The molecule has 184 valence electrons. The number of hydroxylamine groups is 2. The number of carbonyl (C=O) groups is 2. The molecule has 0 saturated heterocycles. The third kappa shape index (κ3) is 6.90. The molecular weight excluding hydrogens is 422 g/mol. The van der Waals surface area contributed by atoms with Crippen molar-refractivity contribution >= 4 is 17.8 Å². The van der Waals surface area contributed by atoms with Crippen LogP contribution in [0.15, 0.2) is 12.1 Å². The van der Waals surface area contributed by atoms with Gasteiger partial charge in [0, 0.05) is 24.9 Å². The third-order valence-corrected chi connectivity index (χ3v) is 7.14. The van der Waals surface area contributed by atoms with E-state index < -0.39 is 12.0 Å². The van der Waals surface area contributed by atoms with E-state index in [1.807, 2.05) is 13.8 Å². The number of hydrogen-bond donors (Lipinski definition) is 3. The quantitative estimate of drug-likeness (QED) is 0.382. The molecular formula is C25H39N3O5. The minimum Gasteiger partial charge on any atom is -0.480 e. The van der Waals surface area contributed by atoms with Crippen molar-refractivity contribution in [2.24, 2.45) is 11.8 Å². The van der Waals surface area contributed by atoms with Crippen LogP contribution in [0.5, 0.6) is 0 Å². The molecule has 8 heteroatoms. The lowest BCUT2D eigenvalue weighted by Crippen LogP contribution is -2.53. The van der Waals surface area contributed by atoms with Crippen molar-refractivity contribution < 1.29 is 24.6 Å². The summed E-state index contributed by atoms with van der Waals surface area (Å²) in [5.41, 5.74) is 2.35. The number of aliphatic carboxylic acids is 1. The minimum absolute atomic E-state index is 0.0286. The summed E-state index contributed by atoms with van der Waals surface area (Å²) >= 11 is 0. The summed E-state index contributed by atoms with van der Waals surface area (Å²) in [4.78, 5) is 34.8. The maximum atomic E-state index is 12.5. The number of carboxylic acids is 1. The topological polar surface area (TPSA) is 112 Å². The number of carboxylic acid groups (broad SMARTS) is 1. The predicted molar refractivity (Wildman–Crippen MR) is 126 cm³/mol. The van der Waals surface area contributed by atoms with Gasteiger partial charge in [0.1, 0.15) is 11.9 Å². The van der Waals surface area contributed by atoms with Gasteiger partial charge in [-0.25, -0.2) is 4.98 Å². The number of pyridine rings is 1. The Kier molecular flexibility index (Phi) is 9.50. The average Bonchev–Trinajstić information content (AvgIpc) is 2.79. The number of fused-ring (bicyclic) bond motifs is 1. The fourth-order valence-corrected chi connectivity index (χ4v) is 4.85. The number of hydrogen-bond acceptors (Lipinski definition) is 7. The molecule has 3 rings (SSSR count). The highest BCUT2D eigenvalue weighted by Crippen LogP contribution is 2.37. The summed E-state index contributed by atoms with van der Waals surface area (Å²) in [6, 6.07) is 3.11. The number of aliphatic hydroxyl groups is 1. The average molecular weight is 462 g/mol. The molecule has 2 heterocycles. The van der Waals surface area contributed by atoms with Crippen molar-refractivity contribution in [1.82, 2.24) is 10.0 Å². The van der Waals surface area contributed by atoms with Crippen LogP contribution in [-0.4, -0.2) is 57.4 Å². The summed E-state index contributed by atoms with van der Waals surface area (Å²) in [6.45, 7) is 4.77. The van der Waals surface area contributed by atoms with Crippen LogP contribution in [0, 0.1) is 11.8 Å². The van der Waals surface area contributed by atoms with Crippen LogP contribution < -0.4 is 5.32 Å². The Morgan fingerprint density at radius 2 is 2.03 bits per heavy atom. The van der Waals surface area contributed by atoms with Crippen LogP contribution >= 0.6 is 0 Å². The van der Waals surface area contributed by atoms with E-state index in [1.54, 1.807) is 0 Å². The van der Waals surface area contributed by atoms with Gasteiger partial charge in [-0.1, -0.05) is 32.8 Å². The lowest BCUT2D eigenvalue weighted by molar-refractivity contribution is -0.234. The van der Waals surface area contributed by atoms with Gasteiger partial charge in [-0.15, -0.1) is 5.06 Å². The van der Waals surface area contributed by atoms with Crippen molar-refractivity contribution in [2.75, 3.05) is 18.5 Å². The molecule has 2 aliphatic rings. The van der Waals surface area contributed by atoms with E-state index in [-0.39, 0.29) is 37.4 Å². The van der Waals surface area contributed by atoms with Crippen molar-refractivity contribution in [3.8, 4) is 0 Å². The van der Waals surface area contributed by atoms with Crippen molar-refractivity contribution in [2.45, 2.75) is 90.1 Å². The first-order valence-corrected chi connectivity index (χ1v) is 12.5. The first-order valence-electron chi connectivity index (χ1n) is 12.5. The molecule has 1 aliphatic carbocycles. The molecule has 1 atom stereocenters. The summed E-state index contributed by atoms with van der Waals surface area (Å²) < 4.78 is 0. The van der Waals surface area contributed by atoms with Crippen molar-refractivity contribution in [3.63, 3.8) is 0 Å². The Morgan fingerprint density at radius 1 is 1.27 bits per heavy atom. The molecule has 0 spiro atoms. The fraction of sp³-hybridized carbons (Fsp3) is 0.720. The molecule has 33 heavy (non-hydrogen) atoms. The number of anilines is 1. The lowest BCUT2D eigenvalue weighted by atomic mass is 9.76. The highest BCUT2D eigenvalue weighted by Gasteiger charge is 2.41. The third-order valence-electron chi connectivity index (χ3n) is 7.14. The summed E-state index contributed by atoms with van der Waals surface area (Å²) in [7, 11) is 0. The predicted octanol–water partition coefficient (Wildman–Crippen LogP) is 3.57. The van der Waals surface area contributed by atoms with E-state index >= 15 is 0 Å². The molecule has 1 fully saturated rings. The summed E-state index contributed by atoms with van der Waals surface area (Å²) in [5.74, 6) is 0.211. The molecule has 1 aromatic heterocycles. The van der Waals surface area contributed by atoms with E-state index in [9.17, 15) is 19.8 Å². The van der Waals surface area contributed by atoms with Crippen LogP contribution in [0.25, 0.3) is 0 Å². The van der Waals surface area contributed by atoms with Crippen molar-refractivity contribution in [3.05, 3.63) is 23.4 Å². The Labute approximate surface area is 196 Å². The second kappa shape index (κ2) is 12.3. The van der Waals surface area contributed by atoms with Gasteiger partial charge in [-0.3, -0.25) is 9.59 Å². The Bertz CT molecular complexity index is 792. The van der Waals surface area contributed by atoms with E-state index in [4.69, 9.17) is 9.82 Å². The SMILES string of the molecule is CCC(CC)CC(=O)ON(C1CC(CCc2ccc3c(n2)NCCC3)C1)[C@H](CCO)C(=O)O. The second-order valence-electron chi connectivity index (χ2n) is 9.45. The highest BCUT2D eigenvalue weighted by molar-refractivity contribution is 5.74. The van der Waals surface area contributed by atoms with E-state index in [2.05, 4.69) is 17.4 Å². The molecule has 0 amide bonds. The molecule has 0 unspecified atom stereocenters. The van der Waals surface area contributed by atoms with Gasteiger partial charge in [0.2, 0.25) is 0 Å². The van der Waals surface area contributed by atoms with Gasteiger partial charge in [-0.2, -0.15) is 0 Å².